The molecule has 120 valence electrons. The molecule has 7 heteroatoms. The van der Waals surface area contributed by atoms with Crippen LogP contribution < -0.4 is 10.2 Å². The van der Waals surface area contributed by atoms with Gasteiger partial charge in [0.05, 0.1) is 10.5 Å². The van der Waals surface area contributed by atoms with Crippen molar-refractivity contribution in [3.8, 4) is 5.75 Å². The molecule has 0 amide bonds. The first kappa shape index (κ1) is 17.1. The van der Waals surface area contributed by atoms with Crippen LogP contribution in [0.2, 0.25) is 0 Å². The Bertz CT molecular complexity index is 827. The van der Waals surface area contributed by atoms with E-state index in [4.69, 9.17) is 4.74 Å². The summed E-state index contributed by atoms with van der Waals surface area (Å²) in [7, 11) is 1.84. The minimum absolute atomic E-state index is 0.0273. The van der Waals surface area contributed by atoms with Crippen molar-refractivity contribution in [1.82, 2.24) is 0 Å². The molecule has 0 unspecified atom stereocenters. The van der Waals surface area contributed by atoms with Crippen LogP contribution in [0.5, 0.6) is 5.75 Å². The average Bonchev–Trinajstić information content (AvgIpc) is 2.54. The van der Waals surface area contributed by atoms with Gasteiger partial charge in [-0.15, -0.1) is 0 Å². The summed E-state index contributed by atoms with van der Waals surface area (Å²) in [6.45, 7) is 1.40. The van der Waals surface area contributed by atoms with Crippen molar-refractivity contribution in [2.75, 3.05) is 0 Å². The average molecular weight is 323 g/mol. The van der Waals surface area contributed by atoms with Crippen molar-refractivity contribution in [3.05, 3.63) is 69.8 Å². The molecule has 0 aromatic heterocycles. The van der Waals surface area contributed by atoms with Crippen LogP contribution in [-0.4, -0.2) is 24.5 Å². The summed E-state index contributed by atoms with van der Waals surface area (Å²) in [6.07, 6.45) is 2.68. The normalized spacial score (nSPS) is 10.5. The smallest absolute Gasteiger partial charge is 0.336 e. The number of ether oxygens (including phenoxy) is 1. The maximum atomic E-state index is 11.9. The second-order valence-corrected chi connectivity index (χ2v) is 5.16. The Hall–Kier alpha value is -3.22. The first-order chi connectivity index (χ1) is 11.4. The SMILES string of the molecule is Bc1ccc(OC(=O)/C=C/c2ccc([N+](=O)[O-])cc2)c(C(C)=O)c1. The Kier molecular flexibility index (Phi) is 5.26. The summed E-state index contributed by atoms with van der Waals surface area (Å²) >= 11 is 0. The molecule has 2 aromatic carbocycles. The van der Waals surface area contributed by atoms with Crippen molar-refractivity contribution < 1.29 is 19.2 Å². The van der Waals surface area contributed by atoms with Gasteiger partial charge in [0.2, 0.25) is 0 Å². The number of ketones is 1. The minimum Gasteiger partial charge on any atom is -0.423 e. The molecular weight excluding hydrogens is 309 g/mol. The van der Waals surface area contributed by atoms with Crippen LogP contribution in [0.3, 0.4) is 0 Å². The predicted octanol–water partition coefficient (Wildman–Crippen LogP) is 1.67. The molecule has 0 fully saturated rings. The first-order valence-corrected chi connectivity index (χ1v) is 7.13. The third-order valence-electron chi connectivity index (χ3n) is 3.24. The van der Waals surface area contributed by atoms with Gasteiger partial charge in [-0.2, -0.15) is 0 Å². The fraction of sp³-hybridized carbons (Fsp3) is 0.0588. The van der Waals surface area contributed by atoms with Crippen LogP contribution in [0, 0.1) is 10.1 Å². The number of nitrogens with zero attached hydrogens (tertiary/aromatic N) is 1. The van der Waals surface area contributed by atoms with Gasteiger partial charge in [0.1, 0.15) is 13.6 Å². The molecule has 6 nitrogen and oxygen atoms in total. The van der Waals surface area contributed by atoms with Crippen molar-refractivity contribution in [2.45, 2.75) is 6.92 Å². The number of Topliss-reactive ketones (excluding diaryl/α,β-unsaturated/α-hetero) is 1. The maximum Gasteiger partial charge on any atom is 0.336 e. The molecule has 0 N–H and O–H groups in total. The third-order valence-corrected chi connectivity index (χ3v) is 3.24. The standard InChI is InChI=1S/C17H14BNO5/c1-11(20)15-10-13(18)5-8-16(15)24-17(21)9-4-12-2-6-14(7-3-12)19(22)23/h2-10H,18H2,1H3/b9-4+. The number of nitro benzene ring substituents is 1. The molecule has 0 saturated carbocycles. The van der Waals surface area contributed by atoms with E-state index in [1.165, 1.54) is 43.3 Å². The van der Waals surface area contributed by atoms with Crippen LogP contribution in [-0.2, 0) is 4.79 Å². The Morgan fingerprint density at radius 1 is 1.17 bits per heavy atom. The zero-order valence-electron chi connectivity index (χ0n) is 13.2. The zero-order chi connectivity index (χ0) is 17.7. The number of carbonyl (C=O) groups excluding carboxylic acids is 2. The lowest BCUT2D eigenvalue weighted by Gasteiger charge is -2.07. The molecule has 0 atom stereocenters. The molecule has 0 saturated heterocycles. The lowest BCUT2D eigenvalue weighted by atomic mass is 9.93. The van der Waals surface area contributed by atoms with Crippen molar-refractivity contribution in [3.63, 3.8) is 0 Å². The molecule has 0 aliphatic carbocycles. The molecule has 24 heavy (non-hydrogen) atoms. The molecule has 0 bridgehead atoms. The number of benzene rings is 2. The van der Waals surface area contributed by atoms with E-state index in [1.54, 1.807) is 18.2 Å². The van der Waals surface area contributed by atoms with Crippen molar-refractivity contribution in [2.24, 2.45) is 0 Å². The lowest BCUT2D eigenvalue weighted by molar-refractivity contribution is -0.384. The minimum atomic E-state index is -0.639. The highest BCUT2D eigenvalue weighted by molar-refractivity contribution is 6.32. The quantitative estimate of drug-likeness (QED) is 0.159. The molecule has 2 aromatic rings. The van der Waals surface area contributed by atoms with Gasteiger partial charge in [0.15, 0.2) is 5.78 Å². The molecule has 0 radical (unpaired) electrons. The van der Waals surface area contributed by atoms with Gasteiger partial charge in [0, 0.05) is 18.2 Å². The second-order valence-electron chi connectivity index (χ2n) is 5.16. The predicted molar refractivity (Wildman–Crippen MR) is 92.4 cm³/mol. The topological polar surface area (TPSA) is 86.5 Å². The maximum absolute atomic E-state index is 11.9. The number of hydrogen-bond acceptors (Lipinski definition) is 5. The highest BCUT2D eigenvalue weighted by Crippen LogP contribution is 2.18. The van der Waals surface area contributed by atoms with Crippen LogP contribution in [0.1, 0.15) is 22.8 Å². The van der Waals surface area contributed by atoms with E-state index in [0.29, 0.717) is 11.1 Å². The Morgan fingerprint density at radius 3 is 2.42 bits per heavy atom. The molecule has 0 heterocycles. The van der Waals surface area contributed by atoms with E-state index in [9.17, 15) is 19.7 Å². The van der Waals surface area contributed by atoms with E-state index in [1.807, 2.05) is 7.85 Å². The van der Waals surface area contributed by atoms with E-state index in [2.05, 4.69) is 0 Å². The number of non-ortho nitro benzene ring substituents is 1. The molecular formula is C17H14BNO5. The second kappa shape index (κ2) is 7.37. The lowest BCUT2D eigenvalue weighted by Crippen LogP contribution is -2.11. The van der Waals surface area contributed by atoms with E-state index in [0.717, 1.165) is 5.46 Å². The summed E-state index contributed by atoms with van der Waals surface area (Å²) in [5.74, 6) is -0.632. The Labute approximate surface area is 139 Å². The van der Waals surface area contributed by atoms with E-state index in [-0.39, 0.29) is 17.2 Å². The number of esters is 1. The van der Waals surface area contributed by atoms with Gasteiger partial charge in [-0.05, 0) is 36.8 Å². The number of carbonyl (C=O) groups is 2. The summed E-state index contributed by atoms with van der Waals surface area (Å²) in [5.41, 5.74) is 1.82. The zero-order valence-corrected chi connectivity index (χ0v) is 13.2. The van der Waals surface area contributed by atoms with Crippen molar-refractivity contribution >= 4 is 36.8 Å². The third kappa shape index (κ3) is 4.39. The summed E-state index contributed by atoms with van der Waals surface area (Å²) in [6, 6.07) is 10.7. The number of nitro groups is 1. The van der Waals surface area contributed by atoms with Gasteiger partial charge >= 0.3 is 5.97 Å². The molecule has 0 aliphatic heterocycles. The van der Waals surface area contributed by atoms with Crippen LogP contribution in [0.4, 0.5) is 5.69 Å². The molecule has 0 spiro atoms. The van der Waals surface area contributed by atoms with Gasteiger partial charge in [0.25, 0.3) is 5.69 Å². The fourth-order valence-corrected chi connectivity index (χ4v) is 2.02. The van der Waals surface area contributed by atoms with Crippen LogP contribution >= 0.6 is 0 Å². The van der Waals surface area contributed by atoms with Crippen molar-refractivity contribution in [1.29, 1.82) is 0 Å². The number of rotatable bonds is 5. The number of hydrogen-bond donors (Lipinski definition) is 0. The van der Waals surface area contributed by atoms with E-state index < -0.39 is 10.9 Å². The highest BCUT2D eigenvalue weighted by Gasteiger charge is 2.11. The van der Waals surface area contributed by atoms with Gasteiger partial charge in [-0.3, -0.25) is 14.9 Å². The molecule has 2 rings (SSSR count). The van der Waals surface area contributed by atoms with Gasteiger partial charge in [-0.1, -0.05) is 17.6 Å². The largest absolute Gasteiger partial charge is 0.423 e. The summed E-state index contributed by atoms with van der Waals surface area (Å²) in [4.78, 5) is 33.6. The first-order valence-electron chi connectivity index (χ1n) is 7.13. The van der Waals surface area contributed by atoms with Crippen LogP contribution in [0.25, 0.3) is 6.08 Å². The molecule has 0 aliphatic rings. The van der Waals surface area contributed by atoms with Gasteiger partial charge < -0.3 is 4.74 Å². The van der Waals surface area contributed by atoms with Gasteiger partial charge in [-0.25, -0.2) is 4.79 Å². The van der Waals surface area contributed by atoms with Crippen LogP contribution in [0.15, 0.2) is 48.5 Å². The summed E-state index contributed by atoms with van der Waals surface area (Å²) < 4.78 is 5.19. The summed E-state index contributed by atoms with van der Waals surface area (Å²) in [5, 5.41) is 10.6. The highest BCUT2D eigenvalue weighted by atomic mass is 16.6. The Balaban J connectivity index is 2.10. The fourth-order valence-electron chi connectivity index (χ4n) is 2.02. The van der Waals surface area contributed by atoms with E-state index >= 15 is 0 Å². The monoisotopic (exact) mass is 323 g/mol. The Morgan fingerprint density at radius 2 is 1.83 bits per heavy atom.